The lowest BCUT2D eigenvalue weighted by molar-refractivity contribution is -0.147. The van der Waals surface area contributed by atoms with Crippen molar-refractivity contribution >= 4 is 65.2 Å². The van der Waals surface area contributed by atoms with Crippen LogP contribution in [0.3, 0.4) is 0 Å². The van der Waals surface area contributed by atoms with E-state index in [1.54, 1.807) is 100 Å². The fraction of sp³-hybridized carbons (Fsp3) is 0.422. The zero-order valence-corrected chi connectivity index (χ0v) is 63.9. The van der Waals surface area contributed by atoms with Gasteiger partial charge in [-0.2, -0.15) is 0 Å². The first-order chi connectivity index (χ1) is 50.8. The van der Waals surface area contributed by atoms with E-state index in [0.717, 1.165) is 73.4 Å². The summed E-state index contributed by atoms with van der Waals surface area (Å²) >= 11 is 0. The molecule has 106 heavy (non-hydrogen) atoms. The third-order valence-electron chi connectivity index (χ3n) is 22.0. The lowest BCUT2D eigenvalue weighted by Crippen LogP contribution is -2.69. The Kier molecular flexibility index (Phi) is 23.8. The minimum absolute atomic E-state index is 0.0571. The second-order valence-electron chi connectivity index (χ2n) is 29.5. The molecule has 0 radical (unpaired) electrons. The van der Waals surface area contributed by atoms with E-state index in [1.165, 1.54) is 21.9 Å². The van der Waals surface area contributed by atoms with Crippen molar-refractivity contribution in [3.63, 3.8) is 0 Å². The van der Waals surface area contributed by atoms with Crippen LogP contribution in [-0.2, 0) is 58.7 Å². The number of ether oxygens (including phenoxy) is 5. The van der Waals surface area contributed by atoms with Crippen LogP contribution in [0.2, 0.25) is 0 Å². The van der Waals surface area contributed by atoms with Crippen LogP contribution in [0.15, 0.2) is 174 Å². The van der Waals surface area contributed by atoms with Crippen LogP contribution < -0.4 is 43.8 Å². The summed E-state index contributed by atoms with van der Waals surface area (Å²) in [5, 5.41) is 9.36. The van der Waals surface area contributed by atoms with Gasteiger partial charge in [0.1, 0.15) is 17.3 Å². The predicted octanol–water partition coefficient (Wildman–Crippen LogP) is 12.6. The Morgan fingerprint density at radius 3 is 1.62 bits per heavy atom. The number of rotatable bonds is 30. The molecular weight excluding hydrogens is 1380 g/mol. The largest absolute Gasteiger partial charge is 0.497 e. The van der Waals surface area contributed by atoms with Crippen molar-refractivity contribution in [3.05, 3.63) is 197 Å². The van der Waals surface area contributed by atoms with Crippen LogP contribution >= 0.6 is 0 Å². The van der Waals surface area contributed by atoms with E-state index < -0.39 is 98.2 Å². The molecule has 0 bridgehead atoms. The van der Waals surface area contributed by atoms with Crippen molar-refractivity contribution in [2.45, 2.75) is 195 Å². The van der Waals surface area contributed by atoms with Gasteiger partial charge in [-0.05, 0) is 189 Å². The SMILES string of the molecule is CCN(Cc1ccc(C([C@@H](NC(=O)C[C@@H](NS(=O)(=O)c2ccc3ccccc3c2)c2ccc3c(c2)OCO3)C(=O)N(C)C(C)C)[C@@](Cc2ccc(CN3[C@H](C)CCC[C@@H]3C)cc2)(NC(=O)C[C@@H](NS(=O)(=O)c2ccc3cc(OC)ccc3c2)c2ccc3c(c2)OCO3)C(=O)N(C)C(C)C)cc1)C1CCCC1. The lowest BCUT2D eigenvalue weighted by atomic mass is 9.69. The zero-order valence-electron chi connectivity index (χ0n) is 62.3. The first-order valence-electron chi connectivity index (χ1n) is 37.0. The van der Waals surface area contributed by atoms with Crippen molar-refractivity contribution in [3.8, 4) is 28.7 Å². The number of benzene rings is 8. The highest BCUT2D eigenvalue weighted by Gasteiger charge is 2.55. The highest BCUT2D eigenvalue weighted by Crippen LogP contribution is 2.42. The number of fused-ring (bicyclic) bond motifs is 4. The average Bonchev–Trinajstić information content (AvgIpc) is 0.952. The number of sulfonamides is 2. The number of amides is 4. The van der Waals surface area contributed by atoms with Gasteiger partial charge in [0, 0.05) is 82.6 Å². The molecule has 3 heterocycles. The summed E-state index contributed by atoms with van der Waals surface area (Å²) in [5.74, 6) is -2.31. The number of nitrogens with one attached hydrogen (secondary N) is 4. The molecule has 4 amide bonds. The minimum atomic E-state index is -4.50. The predicted molar refractivity (Wildman–Crippen MR) is 410 cm³/mol. The van der Waals surface area contributed by atoms with Crippen LogP contribution in [0.1, 0.15) is 158 Å². The molecule has 1 saturated heterocycles. The maximum Gasteiger partial charge on any atom is 0.249 e. The Labute approximate surface area is 623 Å². The first-order valence-corrected chi connectivity index (χ1v) is 40.0. The summed E-state index contributed by atoms with van der Waals surface area (Å²) in [4.78, 5) is 74.1. The van der Waals surface area contributed by atoms with Crippen LogP contribution in [0.5, 0.6) is 28.7 Å². The van der Waals surface area contributed by atoms with Crippen LogP contribution in [-0.4, -0.2) is 143 Å². The van der Waals surface area contributed by atoms with Gasteiger partial charge in [-0.3, -0.25) is 29.0 Å². The van der Waals surface area contributed by atoms with Crippen LogP contribution in [0.4, 0.5) is 0 Å². The number of likely N-dealkylation sites (N-methyl/N-ethyl adjacent to an activating group) is 2. The van der Waals surface area contributed by atoms with E-state index in [0.29, 0.717) is 93.0 Å². The molecule has 1 unspecified atom stereocenters. The number of carbonyl (C=O) groups excluding carboxylic acids is 4. The number of likely N-dealkylation sites (tertiary alicyclic amines) is 1. The minimum Gasteiger partial charge on any atom is -0.497 e. The molecule has 1 saturated carbocycles. The van der Waals surface area contributed by atoms with Gasteiger partial charge < -0.3 is 44.1 Å². The number of hydrogen-bond acceptors (Lipinski definition) is 15. The molecule has 23 heteroatoms. The molecule has 21 nitrogen and oxygen atoms in total. The normalized spacial score (nSPS) is 17.8. The molecule has 8 aromatic carbocycles. The second-order valence-corrected chi connectivity index (χ2v) is 32.9. The number of carbonyl (C=O) groups is 4. The van der Waals surface area contributed by atoms with Crippen LogP contribution in [0, 0.1) is 0 Å². The van der Waals surface area contributed by atoms with E-state index in [9.17, 15) is 8.42 Å². The zero-order chi connectivity index (χ0) is 75.2. The second kappa shape index (κ2) is 33.0. The standard InChI is InChI=1S/C83H100N8O13S2/c1-11-90(67-21-14-15-22-67)49-58-27-29-61(30-28-58)79(80(81(94)88(8)53(2)3)84-77(92)46-71(65-34-39-73-75(44-65)103-51-101-73)86-105(96,97)69-37-32-60-19-12-13-20-62(60)42-69)83(82(95)89(9)54(4)5,48-57-23-25-59(26-24-57)50-91-55(6)17-16-18-56(91)7)85-78(93)47-72(66-35-40-74-76(45-66)104-52-102-74)87-106(98,99)70-38-33-63-41-68(100-10)36-31-64(63)43-70/h12-13,19-20,23-45,53-56,67,71-72,79-80,86-87H,11,14-18,21-22,46-52H2,1-10H3,(H,84,92)(H,85,93)/t55-,56+,71-,72-,79?,80-,83-/m1/s1. The molecule has 562 valence electrons. The third kappa shape index (κ3) is 17.3. The molecule has 4 N–H and O–H groups in total. The summed E-state index contributed by atoms with van der Waals surface area (Å²) in [5.41, 5.74) is 1.35. The van der Waals surface area contributed by atoms with Gasteiger partial charge in [0.05, 0.1) is 29.0 Å². The monoisotopic (exact) mass is 1480 g/mol. The fourth-order valence-corrected chi connectivity index (χ4v) is 18.0. The Balaban J connectivity index is 1.03. The number of nitrogens with zero attached hydrogens (tertiary/aromatic N) is 4. The lowest BCUT2D eigenvalue weighted by Gasteiger charge is -2.47. The molecule has 12 rings (SSSR count). The van der Waals surface area contributed by atoms with Crippen molar-refractivity contribution in [2.75, 3.05) is 41.3 Å². The fourth-order valence-electron chi connectivity index (χ4n) is 15.4. The number of methoxy groups -OCH3 is 1. The smallest absolute Gasteiger partial charge is 0.249 e. The quantitative estimate of drug-likeness (QED) is 0.0327. The van der Waals surface area contributed by atoms with Crippen LogP contribution in [0.25, 0.3) is 21.5 Å². The molecule has 0 spiro atoms. The van der Waals surface area contributed by atoms with Gasteiger partial charge in [-0.25, -0.2) is 26.3 Å². The van der Waals surface area contributed by atoms with E-state index in [1.807, 2.05) is 100 Å². The molecule has 7 atom stereocenters. The van der Waals surface area contributed by atoms with Gasteiger partial charge in [0.15, 0.2) is 23.0 Å². The Morgan fingerprint density at radius 2 is 1.06 bits per heavy atom. The van der Waals surface area contributed by atoms with E-state index in [4.69, 9.17) is 23.7 Å². The van der Waals surface area contributed by atoms with Crippen molar-refractivity contribution in [1.29, 1.82) is 0 Å². The molecule has 4 aliphatic rings. The Morgan fingerprint density at radius 1 is 0.557 bits per heavy atom. The summed E-state index contributed by atoms with van der Waals surface area (Å²) < 4.78 is 94.5. The summed E-state index contributed by atoms with van der Waals surface area (Å²) in [6.45, 7) is 15.9. The van der Waals surface area contributed by atoms with E-state index in [2.05, 4.69) is 50.6 Å². The van der Waals surface area contributed by atoms with E-state index in [-0.39, 0.29) is 29.8 Å². The van der Waals surface area contributed by atoms with Gasteiger partial charge in [-0.15, -0.1) is 0 Å². The van der Waals surface area contributed by atoms with Crippen molar-refractivity contribution < 1.29 is 59.7 Å². The molecule has 3 aliphatic heterocycles. The van der Waals surface area contributed by atoms with E-state index >= 15 is 27.6 Å². The maximum absolute atomic E-state index is 17.2. The maximum atomic E-state index is 17.2. The van der Waals surface area contributed by atoms with Gasteiger partial charge in [0.25, 0.3) is 0 Å². The van der Waals surface area contributed by atoms with Crippen molar-refractivity contribution in [1.82, 2.24) is 39.7 Å². The summed E-state index contributed by atoms with van der Waals surface area (Å²) in [7, 11) is -4.14. The first kappa shape index (κ1) is 76.5. The molecule has 1 aliphatic carbocycles. The Hall–Kier alpha value is -9.10. The molecular formula is C83H100N8O13S2. The van der Waals surface area contributed by atoms with Gasteiger partial charge in [0.2, 0.25) is 57.3 Å². The number of piperidine rings is 1. The topological polar surface area (TPSA) is 244 Å². The molecule has 2 fully saturated rings. The third-order valence-corrected chi connectivity index (χ3v) is 24.9. The highest BCUT2D eigenvalue weighted by molar-refractivity contribution is 7.89. The summed E-state index contributed by atoms with van der Waals surface area (Å²) in [6, 6.07) is 43.2. The highest BCUT2D eigenvalue weighted by atomic mass is 32.2. The van der Waals surface area contributed by atoms with Gasteiger partial charge in [-0.1, -0.05) is 129 Å². The summed E-state index contributed by atoms with van der Waals surface area (Å²) in [6.07, 6.45) is 6.18. The molecule has 0 aromatic heterocycles. The Bertz CT molecular complexity index is 4720. The number of hydrogen-bond donors (Lipinski definition) is 4. The molecule has 8 aromatic rings. The van der Waals surface area contributed by atoms with Crippen molar-refractivity contribution in [2.24, 2.45) is 0 Å². The average molecular weight is 1480 g/mol. The van der Waals surface area contributed by atoms with Gasteiger partial charge >= 0.3 is 0 Å².